The largest absolute Gasteiger partial charge is 0.508 e. The summed E-state index contributed by atoms with van der Waals surface area (Å²) in [5.41, 5.74) is -0.185. The lowest BCUT2D eigenvalue weighted by atomic mass is 9.95. The minimum atomic E-state index is -2.90. The Morgan fingerprint density at radius 3 is 2.38 bits per heavy atom. The Balaban J connectivity index is 3.05. The molecule has 88 valence electrons. The molecule has 1 atom stereocenters. The molecule has 0 spiro atoms. The number of carbonyl (C=O) groups is 1. The molecule has 0 saturated heterocycles. The molecule has 0 heterocycles. The van der Waals surface area contributed by atoms with Crippen molar-refractivity contribution in [2.24, 2.45) is 0 Å². The number of benzene rings is 1. The van der Waals surface area contributed by atoms with Gasteiger partial charge in [-0.25, -0.2) is 8.78 Å². The van der Waals surface area contributed by atoms with E-state index in [0.29, 0.717) is 0 Å². The average Bonchev–Trinajstić information content (AvgIpc) is 2.14. The van der Waals surface area contributed by atoms with Crippen LogP contribution in [0.5, 0.6) is 11.5 Å². The average molecular weight is 232 g/mol. The van der Waals surface area contributed by atoms with Crippen LogP contribution in [0.25, 0.3) is 0 Å². The smallest absolute Gasteiger partial charge is 0.304 e. The topological polar surface area (TPSA) is 77.8 Å². The van der Waals surface area contributed by atoms with Gasteiger partial charge in [0.2, 0.25) is 6.43 Å². The molecule has 0 amide bonds. The SMILES string of the molecule is O=C(O)CC(c1ccc(O)cc1O)C(F)F. The van der Waals surface area contributed by atoms with Gasteiger partial charge in [-0.2, -0.15) is 0 Å². The molecule has 1 aromatic rings. The standard InChI is InChI=1S/C10H10F2O4/c11-10(12)7(4-9(15)16)6-2-1-5(13)3-8(6)14/h1-3,7,10,13-14H,4H2,(H,15,16). The van der Waals surface area contributed by atoms with Gasteiger partial charge in [-0.15, -0.1) is 0 Å². The molecule has 1 aromatic carbocycles. The molecule has 0 aliphatic heterocycles. The van der Waals surface area contributed by atoms with Crippen LogP contribution in [0.15, 0.2) is 18.2 Å². The lowest BCUT2D eigenvalue weighted by Crippen LogP contribution is -2.14. The zero-order valence-electron chi connectivity index (χ0n) is 8.10. The Hall–Kier alpha value is -1.85. The van der Waals surface area contributed by atoms with Crippen molar-refractivity contribution < 1.29 is 28.9 Å². The first kappa shape index (κ1) is 12.2. The number of carboxylic acids is 1. The molecule has 0 aromatic heterocycles. The summed E-state index contributed by atoms with van der Waals surface area (Å²) >= 11 is 0. The van der Waals surface area contributed by atoms with Crippen molar-refractivity contribution in [2.45, 2.75) is 18.8 Å². The molecule has 6 heteroatoms. The molecule has 0 aliphatic rings. The van der Waals surface area contributed by atoms with Gasteiger partial charge in [0.15, 0.2) is 0 Å². The number of alkyl halides is 2. The lowest BCUT2D eigenvalue weighted by Gasteiger charge is -2.15. The van der Waals surface area contributed by atoms with Crippen LogP contribution in [-0.2, 0) is 4.79 Å². The first-order valence-corrected chi connectivity index (χ1v) is 4.43. The summed E-state index contributed by atoms with van der Waals surface area (Å²) in [6.07, 6.45) is -3.68. The van der Waals surface area contributed by atoms with Crippen molar-refractivity contribution in [3.8, 4) is 11.5 Å². The maximum atomic E-state index is 12.6. The highest BCUT2D eigenvalue weighted by atomic mass is 19.3. The van der Waals surface area contributed by atoms with E-state index in [1.807, 2.05) is 0 Å². The summed E-state index contributed by atoms with van der Waals surface area (Å²) in [6, 6.07) is 3.10. The van der Waals surface area contributed by atoms with Crippen LogP contribution in [0.3, 0.4) is 0 Å². The van der Waals surface area contributed by atoms with Crippen LogP contribution in [0.2, 0.25) is 0 Å². The van der Waals surface area contributed by atoms with Gasteiger partial charge in [-0.1, -0.05) is 6.07 Å². The van der Waals surface area contributed by atoms with Crippen molar-refractivity contribution in [1.82, 2.24) is 0 Å². The second-order valence-electron chi connectivity index (χ2n) is 3.28. The van der Waals surface area contributed by atoms with Gasteiger partial charge < -0.3 is 15.3 Å². The van der Waals surface area contributed by atoms with Crippen LogP contribution in [0, 0.1) is 0 Å². The second kappa shape index (κ2) is 4.78. The van der Waals surface area contributed by atoms with E-state index in [1.165, 1.54) is 0 Å². The third kappa shape index (κ3) is 2.82. The normalized spacial score (nSPS) is 12.7. The van der Waals surface area contributed by atoms with Gasteiger partial charge >= 0.3 is 5.97 Å². The molecular weight excluding hydrogens is 222 g/mol. The number of halogens is 2. The van der Waals surface area contributed by atoms with E-state index < -0.39 is 30.5 Å². The van der Waals surface area contributed by atoms with Crippen molar-refractivity contribution in [3.05, 3.63) is 23.8 Å². The summed E-state index contributed by atoms with van der Waals surface area (Å²) < 4.78 is 25.2. The summed E-state index contributed by atoms with van der Waals surface area (Å²) in [7, 11) is 0. The number of rotatable bonds is 4. The first-order valence-electron chi connectivity index (χ1n) is 4.43. The monoisotopic (exact) mass is 232 g/mol. The van der Waals surface area contributed by atoms with Gasteiger partial charge in [-0.3, -0.25) is 4.79 Å². The predicted molar refractivity (Wildman–Crippen MR) is 50.8 cm³/mol. The number of aliphatic carboxylic acids is 1. The Morgan fingerprint density at radius 2 is 1.94 bits per heavy atom. The van der Waals surface area contributed by atoms with Gasteiger partial charge in [-0.05, 0) is 6.07 Å². The molecule has 0 fully saturated rings. The van der Waals surface area contributed by atoms with E-state index in [9.17, 15) is 18.7 Å². The van der Waals surface area contributed by atoms with Crippen molar-refractivity contribution in [3.63, 3.8) is 0 Å². The van der Waals surface area contributed by atoms with Crippen LogP contribution >= 0.6 is 0 Å². The predicted octanol–water partition coefficient (Wildman–Crippen LogP) is 1.92. The second-order valence-corrected chi connectivity index (χ2v) is 3.28. The Kier molecular flexibility index (Phi) is 3.65. The summed E-state index contributed by atoms with van der Waals surface area (Å²) in [5, 5.41) is 26.8. The first-order chi connectivity index (χ1) is 7.41. The maximum absolute atomic E-state index is 12.6. The molecule has 0 aliphatic carbocycles. The Bertz CT molecular complexity index is 392. The van der Waals surface area contributed by atoms with Gasteiger partial charge in [0.1, 0.15) is 11.5 Å². The lowest BCUT2D eigenvalue weighted by molar-refractivity contribution is -0.138. The fourth-order valence-corrected chi connectivity index (χ4v) is 1.37. The van der Waals surface area contributed by atoms with E-state index >= 15 is 0 Å². The van der Waals surface area contributed by atoms with Gasteiger partial charge in [0.05, 0.1) is 12.3 Å². The highest BCUT2D eigenvalue weighted by Gasteiger charge is 2.27. The van der Waals surface area contributed by atoms with Crippen LogP contribution in [0.1, 0.15) is 17.9 Å². The Labute approximate surface area is 89.8 Å². The third-order valence-electron chi connectivity index (χ3n) is 2.11. The number of aromatic hydroxyl groups is 2. The molecule has 1 rings (SSSR count). The molecule has 1 unspecified atom stereocenters. The molecule has 0 saturated carbocycles. The minimum absolute atomic E-state index is 0.185. The quantitative estimate of drug-likeness (QED) is 0.741. The zero-order valence-corrected chi connectivity index (χ0v) is 8.10. The van der Waals surface area contributed by atoms with Crippen molar-refractivity contribution in [1.29, 1.82) is 0 Å². The summed E-state index contributed by atoms with van der Waals surface area (Å²) in [5.74, 6) is -3.77. The number of phenolic OH excluding ortho intramolecular Hbond substituents is 2. The van der Waals surface area contributed by atoms with E-state index in [1.54, 1.807) is 0 Å². The van der Waals surface area contributed by atoms with Crippen LogP contribution in [-0.4, -0.2) is 27.7 Å². The van der Waals surface area contributed by atoms with E-state index in [-0.39, 0.29) is 11.3 Å². The number of carboxylic acid groups (broad SMARTS) is 1. The third-order valence-corrected chi connectivity index (χ3v) is 2.11. The van der Waals surface area contributed by atoms with E-state index in [4.69, 9.17) is 10.2 Å². The highest BCUT2D eigenvalue weighted by molar-refractivity contribution is 5.68. The fourth-order valence-electron chi connectivity index (χ4n) is 1.37. The molecule has 16 heavy (non-hydrogen) atoms. The number of hydrogen-bond donors (Lipinski definition) is 3. The number of phenols is 2. The molecule has 3 N–H and O–H groups in total. The minimum Gasteiger partial charge on any atom is -0.508 e. The summed E-state index contributed by atoms with van der Waals surface area (Å²) in [4.78, 5) is 10.4. The van der Waals surface area contributed by atoms with Gasteiger partial charge in [0.25, 0.3) is 0 Å². The molecule has 4 nitrogen and oxygen atoms in total. The van der Waals surface area contributed by atoms with Crippen LogP contribution in [0.4, 0.5) is 8.78 Å². The summed E-state index contributed by atoms with van der Waals surface area (Å²) in [6.45, 7) is 0. The van der Waals surface area contributed by atoms with Crippen LogP contribution < -0.4 is 0 Å². The Morgan fingerprint density at radius 1 is 1.31 bits per heavy atom. The van der Waals surface area contributed by atoms with Gasteiger partial charge in [0, 0.05) is 11.6 Å². The van der Waals surface area contributed by atoms with E-state index in [0.717, 1.165) is 18.2 Å². The zero-order chi connectivity index (χ0) is 12.3. The van der Waals surface area contributed by atoms with Crippen molar-refractivity contribution in [2.75, 3.05) is 0 Å². The van der Waals surface area contributed by atoms with E-state index in [2.05, 4.69) is 0 Å². The van der Waals surface area contributed by atoms with Crippen molar-refractivity contribution >= 4 is 5.97 Å². The molecular formula is C10H10F2O4. The number of hydrogen-bond acceptors (Lipinski definition) is 3. The highest BCUT2D eigenvalue weighted by Crippen LogP contribution is 2.34. The molecule has 0 bridgehead atoms. The fraction of sp³-hybridized carbons (Fsp3) is 0.300. The molecule has 0 radical (unpaired) electrons. The maximum Gasteiger partial charge on any atom is 0.304 e.